The highest BCUT2D eigenvalue weighted by Crippen LogP contribution is 2.69. The van der Waals surface area contributed by atoms with Crippen LogP contribution in [0.2, 0.25) is 0 Å². The van der Waals surface area contributed by atoms with E-state index in [1.54, 1.807) is 19.1 Å². The zero-order chi connectivity index (χ0) is 26.0. The summed E-state index contributed by atoms with van der Waals surface area (Å²) in [6.07, 6.45) is 7.54. The van der Waals surface area contributed by atoms with Crippen LogP contribution in [0.3, 0.4) is 0 Å². The minimum atomic E-state index is -1.39. The quantitative estimate of drug-likeness (QED) is 0.563. The lowest BCUT2D eigenvalue weighted by molar-refractivity contribution is -0.199. The molecule has 0 spiro atoms. The molecule has 0 bridgehead atoms. The van der Waals surface area contributed by atoms with Crippen molar-refractivity contribution >= 4 is 34.6 Å². The van der Waals surface area contributed by atoms with Crippen LogP contribution >= 0.6 is 11.8 Å². The number of hydrogen-bond acceptors (Lipinski definition) is 8. The standard InChI is InChI=1S/C28H36O7S/c1-5-22(31)35-28(25(33)36-18-12-23(32)34-14-18)15(2)10-20-19-7-6-16-11-17(29)8-9-26(16,3)24(19)21(30)13-27(20,28)4/h8-9,11,15,18-21,24,30H,5-7,10,12-14H2,1-4H3/t15-,18?,19+,20+,21+,24-,26+,27+,28+/m1/s1. The van der Waals surface area contributed by atoms with Gasteiger partial charge in [0.1, 0.15) is 6.61 Å². The van der Waals surface area contributed by atoms with Gasteiger partial charge in [0, 0.05) is 29.1 Å². The van der Waals surface area contributed by atoms with Crippen molar-refractivity contribution in [3.63, 3.8) is 0 Å². The highest BCUT2D eigenvalue weighted by molar-refractivity contribution is 8.14. The first-order chi connectivity index (χ1) is 17.0. The third kappa shape index (κ3) is 3.57. The van der Waals surface area contributed by atoms with E-state index in [2.05, 4.69) is 6.92 Å². The summed E-state index contributed by atoms with van der Waals surface area (Å²) in [5.41, 5.74) is -1.47. The molecule has 5 aliphatic rings. The number of aliphatic hydroxyl groups is 1. The van der Waals surface area contributed by atoms with Gasteiger partial charge in [-0.1, -0.05) is 51.1 Å². The molecule has 1 aliphatic heterocycles. The molecule has 3 saturated carbocycles. The Morgan fingerprint density at radius 3 is 2.69 bits per heavy atom. The van der Waals surface area contributed by atoms with E-state index in [-0.39, 0.29) is 65.2 Å². The number of rotatable bonds is 4. The molecule has 4 aliphatic carbocycles. The maximum absolute atomic E-state index is 14.1. The lowest BCUT2D eigenvalue weighted by atomic mass is 9.46. The lowest BCUT2D eigenvalue weighted by Gasteiger charge is -2.60. The lowest BCUT2D eigenvalue weighted by Crippen LogP contribution is -2.63. The molecule has 8 heteroatoms. The third-order valence-corrected chi connectivity index (χ3v) is 11.2. The second kappa shape index (κ2) is 8.83. The molecule has 1 saturated heterocycles. The number of allylic oxidation sites excluding steroid dienone is 4. The topological polar surface area (TPSA) is 107 Å². The fraction of sp³-hybridized carbons (Fsp3) is 0.714. The van der Waals surface area contributed by atoms with Crippen LogP contribution < -0.4 is 0 Å². The molecule has 7 nitrogen and oxygen atoms in total. The molecule has 196 valence electrons. The molecule has 5 rings (SSSR count). The van der Waals surface area contributed by atoms with E-state index in [0.717, 1.165) is 30.2 Å². The average Bonchev–Trinajstić information content (AvgIpc) is 3.32. The fourth-order valence-electron chi connectivity index (χ4n) is 8.39. The molecule has 1 unspecified atom stereocenters. The van der Waals surface area contributed by atoms with Gasteiger partial charge >= 0.3 is 11.9 Å². The molecule has 0 aromatic rings. The van der Waals surface area contributed by atoms with E-state index in [9.17, 15) is 24.3 Å². The highest BCUT2D eigenvalue weighted by atomic mass is 32.2. The maximum Gasteiger partial charge on any atom is 0.307 e. The van der Waals surface area contributed by atoms with Gasteiger partial charge in [0.25, 0.3) is 0 Å². The molecule has 0 radical (unpaired) electrons. The van der Waals surface area contributed by atoms with Crippen molar-refractivity contribution in [1.29, 1.82) is 0 Å². The van der Waals surface area contributed by atoms with E-state index < -0.39 is 28.5 Å². The van der Waals surface area contributed by atoms with E-state index in [1.165, 1.54) is 0 Å². The monoisotopic (exact) mass is 516 g/mol. The third-order valence-electron chi connectivity index (χ3n) is 10.0. The number of carbonyl (C=O) groups is 4. The zero-order valence-corrected chi connectivity index (χ0v) is 22.3. The summed E-state index contributed by atoms with van der Waals surface area (Å²) in [5, 5.41) is 11.2. The normalized spacial score (nSPS) is 45.3. The number of ether oxygens (including phenoxy) is 2. The van der Waals surface area contributed by atoms with E-state index in [4.69, 9.17) is 9.47 Å². The van der Waals surface area contributed by atoms with Crippen molar-refractivity contribution in [3.05, 3.63) is 23.8 Å². The second-order valence-corrected chi connectivity index (χ2v) is 13.1. The first-order valence-electron chi connectivity index (χ1n) is 13.2. The summed E-state index contributed by atoms with van der Waals surface area (Å²) in [7, 11) is 0. The largest absolute Gasteiger partial charge is 0.464 e. The van der Waals surface area contributed by atoms with Crippen molar-refractivity contribution < 1.29 is 33.8 Å². The van der Waals surface area contributed by atoms with Gasteiger partial charge in [0.15, 0.2) is 11.4 Å². The molecule has 36 heavy (non-hydrogen) atoms. The number of thioether (sulfide) groups is 1. The van der Waals surface area contributed by atoms with Gasteiger partial charge in [-0.25, -0.2) is 0 Å². The zero-order valence-electron chi connectivity index (χ0n) is 21.5. The van der Waals surface area contributed by atoms with Crippen LogP contribution in [0.15, 0.2) is 23.8 Å². The summed E-state index contributed by atoms with van der Waals surface area (Å²) in [6.45, 7) is 8.01. The summed E-state index contributed by atoms with van der Waals surface area (Å²) in [4.78, 5) is 50.7. The Morgan fingerprint density at radius 2 is 2.03 bits per heavy atom. The summed E-state index contributed by atoms with van der Waals surface area (Å²) >= 11 is 1.06. The second-order valence-electron chi connectivity index (χ2n) is 11.8. The van der Waals surface area contributed by atoms with E-state index >= 15 is 0 Å². The molecule has 1 N–H and O–H groups in total. The molecule has 0 aromatic carbocycles. The summed E-state index contributed by atoms with van der Waals surface area (Å²) < 4.78 is 11.3. The Hall–Kier alpha value is -1.93. The number of ketones is 1. The predicted molar refractivity (Wildman–Crippen MR) is 134 cm³/mol. The van der Waals surface area contributed by atoms with Gasteiger partial charge in [-0.2, -0.15) is 0 Å². The summed E-state index contributed by atoms with van der Waals surface area (Å²) in [5.74, 6) is -0.875. The van der Waals surface area contributed by atoms with Crippen LogP contribution in [0, 0.1) is 34.5 Å². The van der Waals surface area contributed by atoms with Crippen LogP contribution in [0.1, 0.15) is 66.2 Å². The smallest absolute Gasteiger partial charge is 0.307 e. The van der Waals surface area contributed by atoms with Crippen LogP contribution in [-0.4, -0.2) is 51.5 Å². The number of aliphatic hydroxyl groups excluding tert-OH is 1. The Labute approximate surface area is 216 Å². The molecule has 9 atom stereocenters. The van der Waals surface area contributed by atoms with Crippen molar-refractivity contribution in [2.24, 2.45) is 34.5 Å². The van der Waals surface area contributed by atoms with Gasteiger partial charge in [-0.05, 0) is 49.7 Å². The SMILES string of the molecule is CCC(=O)O[C@]1(C(=O)SC2COC(=O)C2)[C@H](C)C[C@H]2[C@@H]3CCC4=CC(=O)C=C[C@]4(C)[C@H]3[C@@H](O)C[C@@]21C. The minimum absolute atomic E-state index is 0.00644. The first-order valence-corrected chi connectivity index (χ1v) is 14.0. The van der Waals surface area contributed by atoms with E-state index in [0.29, 0.717) is 12.8 Å². The number of fused-ring (bicyclic) bond motifs is 5. The van der Waals surface area contributed by atoms with Crippen molar-refractivity contribution in [3.8, 4) is 0 Å². The van der Waals surface area contributed by atoms with Gasteiger partial charge in [0.2, 0.25) is 5.12 Å². The van der Waals surface area contributed by atoms with Gasteiger partial charge in [-0.3, -0.25) is 19.2 Å². The minimum Gasteiger partial charge on any atom is -0.464 e. The van der Waals surface area contributed by atoms with Crippen LogP contribution in [-0.2, 0) is 28.7 Å². The fourth-order valence-corrected chi connectivity index (χ4v) is 9.70. The first kappa shape index (κ1) is 25.7. The van der Waals surface area contributed by atoms with Crippen LogP contribution in [0.5, 0.6) is 0 Å². The Kier molecular flexibility index (Phi) is 6.30. The van der Waals surface area contributed by atoms with Crippen LogP contribution in [0.4, 0.5) is 0 Å². The number of hydrogen-bond donors (Lipinski definition) is 1. The number of cyclic esters (lactones) is 1. The molecule has 0 amide bonds. The van der Waals surface area contributed by atoms with Crippen molar-refractivity contribution in [2.75, 3.05) is 6.61 Å². The molecular formula is C28H36O7S. The molecule has 1 heterocycles. The van der Waals surface area contributed by atoms with Crippen molar-refractivity contribution in [1.82, 2.24) is 0 Å². The van der Waals surface area contributed by atoms with Gasteiger partial charge in [0.05, 0.1) is 17.8 Å². The van der Waals surface area contributed by atoms with Gasteiger partial charge in [-0.15, -0.1) is 0 Å². The van der Waals surface area contributed by atoms with Crippen molar-refractivity contribution in [2.45, 2.75) is 83.2 Å². The number of carbonyl (C=O) groups excluding carboxylic acids is 4. The van der Waals surface area contributed by atoms with Gasteiger partial charge < -0.3 is 14.6 Å². The molecular weight excluding hydrogens is 480 g/mol. The van der Waals surface area contributed by atoms with Crippen LogP contribution in [0.25, 0.3) is 0 Å². The maximum atomic E-state index is 14.1. The molecule has 4 fully saturated rings. The Morgan fingerprint density at radius 1 is 1.28 bits per heavy atom. The Bertz CT molecular complexity index is 1060. The summed E-state index contributed by atoms with van der Waals surface area (Å²) in [6, 6.07) is 0. The number of esters is 2. The molecule has 0 aromatic heterocycles. The average molecular weight is 517 g/mol. The highest BCUT2D eigenvalue weighted by Gasteiger charge is 2.73. The predicted octanol–water partition coefficient (Wildman–Crippen LogP) is 3.78. The van der Waals surface area contributed by atoms with E-state index in [1.807, 2.05) is 19.9 Å². The Balaban J connectivity index is 1.54.